The number of hydrogen-bond acceptors (Lipinski definition) is 2. The van der Waals surface area contributed by atoms with E-state index in [1.54, 1.807) is 18.3 Å². The van der Waals surface area contributed by atoms with Gasteiger partial charge in [0, 0.05) is 17.5 Å². The highest BCUT2D eigenvalue weighted by atomic mass is 32.1. The van der Waals surface area contributed by atoms with Crippen molar-refractivity contribution >= 4 is 17.7 Å². The maximum absolute atomic E-state index is 10.9. The summed E-state index contributed by atoms with van der Waals surface area (Å²) in [5, 5.41) is -0.209. The van der Waals surface area contributed by atoms with Crippen LogP contribution in [0.2, 0.25) is 0 Å². The Kier molecular flexibility index (Phi) is 2.87. The van der Waals surface area contributed by atoms with Crippen LogP contribution in [0.25, 0.3) is 0 Å². The lowest BCUT2D eigenvalue weighted by molar-refractivity contribution is 0.109. The molecule has 1 aromatic heterocycles. The molecule has 1 rings (SSSR count). The minimum Gasteiger partial charge on any atom is -0.282 e. The second-order valence-corrected chi connectivity index (χ2v) is 3.34. The van der Waals surface area contributed by atoms with Crippen LogP contribution < -0.4 is 0 Å². The van der Waals surface area contributed by atoms with Gasteiger partial charge >= 0.3 is 0 Å². The lowest BCUT2D eigenvalue weighted by Crippen LogP contribution is -1.96. The number of nitrogens with zero attached hydrogens (tertiary/aromatic N) is 1. The van der Waals surface area contributed by atoms with Gasteiger partial charge in [-0.25, -0.2) is 0 Å². The van der Waals surface area contributed by atoms with Crippen molar-refractivity contribution in [3.05, 3.63) is 29.6 Å². The Morgan fingerprint density at radius 1 is 1.58 bits per heavy atom. The van der Waals surface area contributed by atoms with Gasteiger partial charge < -0.3 is 0 Å². The molecule has 0 spiro atoms. The second kappa shape index (κ2) is 3.72. The predicted molar refractivity (Wildman–Crippen MR) is 51.6 cm³/mol. The fourth-order valence-electron chi connectivity index (χ4n) is 0.897. The normalized spacial score (nSPS) is 10.3. The maximum atomic E-state index is 10.9. The van der Waals surface area contributed by atoms with Gasteiger partial charge in [-0.1, -0.05) is 13.8 Å². The van der Waals surface area contributed by atoms with E-state index in [0.29, 0.717) is 11.5 Å². The third-order valence-electron chi connectivity index (χ3n) is 1.62. The van der Waals surface area contributed by atoms with E-state index in [-0.39, 0.29) is 5.12 Å². The SMILES string of the molecule is CC(C)c1cc(C(=O)S)ccn1. The van der Waals surface area contributed by atoms with E-state index >= 15 is 0 Å². The molecule has 0 radical (unpaired) electrons. The lowest BCUT2D eigenvalue weighted by atomic mass is 10.1. The molecule has 0 aliphatic rings. The summed E-state index contributed by atoms with van der Waals surface area (Å²) in [6.45, 7) is 4.07. The van der Waals surface area contributed by atoms with Crippen molar-refractivity contribution in [1.29, 1.82) is 0 Å². The van der Waals surface area contributed by atoms with Gasteiger partial charge in [0.15, 0.2) is 0 Å². The van der Waals surface area contributed by atoms with Crippen LogP contribution in [0.15, 0.2) is 18.3 Å². The molecule has 12 heavy (non-hydrogen) atoms. The van der Waals surface area contributed by atoms with Gasteiger partial charge in [0.1, 0.15) is 0 Å². The van der Waals surface area contributed by atoms with Gasteiger partial charge in [-0.3, -0.25) is 9.78 Å². The highest BCUT2D eigenvalue weighted by molar-refractivity contribution is 7.97. The molecule has 1 aromatic rings. The average Bonchev–Trinajstić information content (AvgIpc) is 2.04. The van der Waals surface area contributed by atoms with Crippen LogP contribution in [-0.2, 0) is 0 Å². The molecule has 0 bridgehead atoms. The molecule has 0 aliphatic carbocycles. The first-order chi connectivity index (χ1) is 5.61. The Morgan fingerprint density at radius 3 is 2.75 bits per heavy atom. The van der Waals surface area contributed by atoms with Crippen molar-refractivity contribution in [2.24, 2.45) is 0 Å². The number of carbonyl (C=O) groups excluding carboxylic acids is 1. The summed E-state index contributed by atoms with van der Waals surface area (Å²) in [6, 6.07) is 3.45. The van der Waals surface area contributed by atoms with Crippen LogP contribution in [0.3, 0.4) is 0 Å². The van der Waals surface area contributed by atoms with E-state index in [4.69, 9.17) is 0 Å². The predicted octanol–water partition coefficient (Wildman–Crippen LogP) is 2.28. The Hall–Kier alpha value is -0.830. The van der Waals surface area contributed by atoms with Gasteiger partial charge in [0.25, 0.3) is 0 Å². The van der Waals surface area contributed by atoms with E-state index in [0.717, 1.165) is 5.69 Å². The van der Waals surface area contributed by atoms with Crippen LogP contribution >= 0.6 is 12.6 Å². The number of rotatable bonds is 2. The molecule has 2 nitrogen and oxygen atoms in total. The van der Waals surface area contributed by atoms with Crippen molar-refractivity contribution < 1.29 is 4.79 Å². The third kappa shape index (κ3) is 2.08. The molecule has 64 valence electrons. The van der Waals surface area contributed by atoms with E-state index in [2.05, 4.69) is 17.6 Å². The molecule has 0 aliphatic heterocycles. The molecule has 0 N–H and O–H groups in total. The molecule has 0 atom stereocenters. The van der Waals surface area contributed by atoms with Crippen molar-refractivity contribution in [2.75, 3.05) is 0 Å². The van der Waals surface area contributed by atoms with Crippen molar-refractivity contribution in [2.45, 2.75) is 19.8 Å². The Morgan fingerprint density at radius 2 is 2.25 bits per heavy atom. The highest BCUT2D eigenvalue weighted by Gasteiger charge is 2.04. The van der Waals surface area contributed by atoms with E-state index < -0.39 is 0 Å². The molecule has 0 unspecified atom stereocenters. The van der Waals surface area contributed by atoms with Gasteiger partial charge in [0.2, 0.25) is 5.12 Å². The van der Waals surface area contributed by atoms with E-state index in [9.17, 15) is 4.79 Å². The maximum Gasteiger partial charge on any atom is 0.216 e. The molecule has 3 heteroatoms. The Balaban J connectivity index is 3.04. The number of hydrogen-bond donors (Lipinski definition) is 1. The number of pyridine rings is 1. The zero-order valence-corrected chi connectivity index (χ0v) is 8.01. The second-order valence-electron chi connectivity index (χ2n) is 2.93. The minimum absolute atomic E-state index is 0.209. The molecule has 1 heterocycles. The summed E-state index contributed by atoms with van der Waals surface area (Å²) in [4.78, 5) is 15.0. The molecular formula is C9H11NOS. The Labute approximate surface area is 77.4 Å². The lowest BCUT2D eigenvalue weighted by Gasteiger charge is -2.03. The zero-order valence-electron chi connectivity index (χ0n) is 7.11. The first-order valence-corrected chi connectivity index (χ1v) is 4.25. The highest BCUT2D eigenvalue weighted by Crippen LogP contribution is 2.13. The van der Waals surface area contributed by atoms with Crippen molar-refractivity contribution in [3.8, 4) is 0 Å². The average molecular weight is 181 g/mol. The third-order valence-corrected chi connectivity index (χ3v) is 1.88. The summed E-state index contributed by atoms with van der Waals surface area (Å²) in [5.41, 5.74) is 1.53. The molecular weight excluding hydrogens is 170 g/mol. The standard InChI is InChI=1S/C9H11NOS/c1-6(2)8-5-7(9(11)12)3-4-10-8/h3-6H,1-2H3,(H,11,12). The number of carbonyl (C=O) groups is 1. The Bertz CT molecular complexity index is 296. The van der Waals surface area contributed by atoms with Gasteiger partial charge in [-0.05, 0) is 18.1 Å². The number of thiol groups is 1. The summed E-state index contributed by atoms with van der Waals surface area (Å²) in [5.74, 6) is 0.345. The quantitative estimate of drug-likeness (QED) is 0.709. The fourth-order valence-corrected chi connectivity index (χ4v) is 1.04. The van der Waals surface area contributed by atoms with E-state index in [1.807, 2.05) is 13.8 Å². The van der Waals surface area contributed by atoms with Crippen LogP contribution in [0, 0.1) is 0 Å². The van der Waals surface area contributed by atoms with Crippen molar-refractivity contribution in [1.82, 2.24) is 4.98 Å². The van der Waals surface area contributed by atoms with E-state index in [1.165, 1.54) is 0 Å². The fraction of sp³-hybridized carbons (Fsp3) is 0.333. The smallest absolute Gasteiger partial charge is 0.216 e. The molecule has 0 aromatic carbocycles. The van der Waals surface area contributed by atoms with Crippen LogP contribution in [0.5, 0.6) is 0 Å². The van der Waals surface area contributed by atoms with Crippen molar-refractivity contribution in [3.63, 3.8) is 0 Å². The summed E-state index contributed by atoms with van der Waals surface area (Å²) < 4.78 is 0. The minimum atomic E-state index is -0.209. The zero-order chi connectivity index (χ0) is 9.14. The molecule has 0 fully saturated rings. The summed E-state index contributed by atoms with van der Waals surface area (Å²) in [6.07, 6.45) is 1.64. The topological polar surface area (TPSA) is 30.0 Å². The van der Waals surface area contributed by atoms with Gasteiger partial charge in [-0.15, -0.1) is 12.6 Å². The number of aromatic nitrogens is 1. The molecule has 0 saturated carbocycles. The first kappa shape index (κ1) is 9.26. The summed E-state index contributed by atoms with van der Waals surface area (Å²) in [7, 11) is 0. The van der Waals surface area contributed by atoms with Gasteiger partial charge in [-0.2, -0.15) is 0 Å². The largest absolute Gasteiger partial charge is 0.282 e. The van der Waals surface area contributed by atoms with Crippen LogP contribution in [0.4, 0.5) is 0 Å². The monoisotopic (exact) mass is 181 g/mol. The first-order valence-electron chi connectivity index (χ1n) is 3.80. The molecule has 0 saturated heterocycles. The molecule has 0 amide bonds. The summed E-state index contributed by atoms with van der Waals surface area (Å²) >= 11 is 3.74. The van der Waals surface area contributed by atoms with Crippen LogP contribution in [0.1, 0.15) is 35.8 Å². The van der Waals surface area contributed by atoms with Gasteiger partial charge in [0.05, 0.1) is 0 Å². The van der Waals surface area contributed by atoms with Crippen LogP contribution in [-0.4, -0.2) is 10.1 Å².